The average Bonchev–Trinajstić information content (AvgIpc) is 2.47. The van der Waals surface area contributed by atoms with Crippen LogP contribution in [0.15, 0.2) is 36.4 Å². The van der Waals surface area contributed by atoms with Crippen LogP contribution in [0.3, 0.4) is 0 Å². The molecule has 0 aliphatic carbocycles. The maximum Gasteiger partial charge on any atom is 0.160 e. The lowest BCUT2D eigenvalue weighted by Crippen LogP contribution is -2.18. The zero-order valence-electron chi connectivity index (χ0n) is 11.9. The number of ether oxygens (including phenoxy) is 1. The van der Waals surface area contributed by atoms with Gasteiger partial charge in [-0.1, -0.05) is 35.3 Å². The van der Waals surface area contributed by atoms with Crippen LogP contribution in [0.4, 0.5) is 0 Å². The molecule has 2 rings (SSSR count). The number of aromatic hydroxyl groups is 1. The van der Waals surface area contributed by atoms with Crippen molar-refractivity contribution in [1.29, 1.82) is 0 Å². The standard InChI is InChI=1S/C16H17Cl2NO2/c1-10(12-4-5-13(17)14(18)8-12)19-9-11-3-6-16(21-2)15(20)7-11/h3-8,10,19-20H,9H2,1-2H3/t10-/m0/s1. The molecule has 2 aromatic rings. The third-order valence-electron chi connectivity index (χ3n) is 3.30. The molecule has 0 saturated carbocycles. The van der Waals surface area contributed by atoms with Crippen molar-refractivity contribution in [3.63, 3.8) is 0 Å². The average molecular weight is 326 g/mol. The molecule has 3 nitrogen and oxygen atoms in total. The van der Waals surface area contributed by atoms with Gasteiger partial charge in [0.05, 0.1) is 17.2 Å². The molecule has 0 aromatic heterocycles. The first-order valence-electron chi connectivity index (χ1n) is 6.55. The van der Waals surface area contributed by atoms with Gasteiger partial charge in [-0.2, -0.15) is 0 Å². The number of methoxy groups -OCH3 is 1. The highest BCUT2D eigenvalue weighted by atomic mass is 35.5. The molecule has 0 saturated heterocycles. The van der Waals surface area contributed by atoms with Crippen LogP contribution in [0.2, 0.25) is 10.0 Å². The van der Waals surface area contributed by atoms with Gasteiger partial charge in [-0.3, -0.25) is 0 Å². The number of nitrogens with one attached hydrogen (secondary N) is 1. The molecule has 0 spiro atoms. The van der Waals surface area contributed by atoms with Crippen molar-refractivity contribution in [2.45, 2.75) is 19.5 Å². The molecular formula is C16H17Cl2NO2. The minimum Gasteiger partial charge on any atom is -0.504 e. The predicted octanol–water partition coefficient (Wildman–Crippen LogP) is 4.56. The SMILES string of the molecule is COc1ccc(CN[C@@H](C)c2ccc(Cl)c(Cl)c2)cc1O. The zero-order chi connectivity index (χ0) is 15.4. The van der Waals surface area contributed by atoms with Crippen molar-refractivity contribution < 1.29 is 9.84 Å². The second kappa shape index (κ2) is 7.03. The Morgan fingerprint density at radius 2 is 1.90 bits per heavy atom. The Kier molecular flexibility index (Phi) is 5.34. The largest absolute Gasteiger partial charge is 0.504 e. The van der Waals surface area contributed by atoms with Gasteiger partial charge in [0.25, 0.3) is 0 Å². The maximum atomic E-state index is 9.76. The van der Waals surface area contributed by atoms with E-state index in [9.17, 15) is 5.11 Å². The topological polar surface area (TPSA) is 41.5 Å². The number of halogens is 2. The van der Waals surface area contributed by atoms with Crippen LogP contribution >= 0.6 is 23.2 Å². The van der Waals surface area contributed by atoms with Crippen molar-refractivity contribution >= 4 is 23.2 Å². The quantitative estimate of drug-likeness (QED) is 0.846. The summed E-state index contributed by atoms with van der Waals surface area (Å²) in [4.78, 5) is 0. The second-order valence-corrected chi connectivity index (χ2v) is 5.60. The van der Waals surface area contributed by atoms with Gasteiger partial charge in [0.15, 0.2) is 11.5 Å². The summed E-state index contributed by atoms with van der Waals surface area (Å²) >= 11 is 11.9. The fourth-order valence-electron chi connectivity index (χ4n) is 2.02. The zero-order valence-corrected chi connectivity index (χ0v) is 13.4. The van der Waals surface area contributed by atoms with Crippen LogP contribution in [-0.2, 0) is 6.54 Å². The van der Waals surface area contributed by atoms with Crippen LogP contribution in [0.25, 0.3) is 0 Å². The predicted molar refractivity (Wildman–Crippen MR) is 86.4 cm³/mol. The summed E-state index contributed by atoms with van der Waals surface area (Å²) in [6, 6.07) is 11.0. The fourth-order valence-corrected chi connectivity index (χ4v) is 2.32. The van der Waals surface area contributed by atoms with Crippen molar-refractivity contribution in [1.82, 2.24) is 5.32 Å². The van der Waals surface area contributed by atoms with Crippen LogP contribution in [-0.4, -0.2) is 12.2 Å². The minimum atomic E-state index is 0.115. The molecule has 21 heavy (non-hydrogen) atoms. The van der Waals surface area contributed by atoms with E-state index in [2.05, 4.69) is 5.32 Å². The Morgan fingerprint density at radius 1 is 1.14 bits per heavy atom. The first kappa shape index (κ1) is 16.0. The summed E-state index contributed by atoms with van der Waals surface area (Å²) in [5, 5.41) is 14.2. The van der Waals surface area contributed by atoms with E-state index in [0.717, 1.165) is 11.1 Å². The van der Waals surface area contributed by atoms with E-state index in [1.807, 2.05) is 25.1 Å². The number of benzene rings is 2. The van der Waals surface area contributed by atoms with E-state index in [1.165, 1.54) is 7.11 Å². The Hall–Kier alpha value is -1.42. The fraction of sp³-hybridized carbons (Fsp3) is 0.250. The lowest BCUT2D eigenvalue weighted by Gasteiger charge is -2.15. The Labute approximate surface area is 134 Å². The molecule has 0 fully saturated rings. The van der Waals surface area contributed by atoms with E-state index in [-0.39, 0.29) is 11.8 Å². The van der Waals surface area contributed by atoms with Gasteiger partial charge in [-0.25, -0.2) is 0 Å². The minimum absolute atomic E-state index is 0.115. The van der Waals surface area contributed by atoms with Crippen molar-refractivity contribution in [2.24, 2.45) is 0 Å². The molecular weight excluding hydrogens is 309 g/mol. The smallest absolute Gasteiger partial charge is 0.160 e. The van der Waals surface area contributed by atoms with Crippen LogP contribution in [0, 0.1) is 0 Å². The highest BCUT2D eigenvalue weighted by Gasteiger charge is 2.08. The van der Waals surface area contributed by atoms with Gasteiger partial charge >= 0.3 is 0 Å². The number of hydrogen-bond acceptors (Lipinski definition) is 3. The van der Waals surface area contributed by atoms with Crippen LogP contribution in [0.5, 0.6) is 11.5 Å². The summed E-state index contributed by atoms with van der Waals surface area (Å²) < 4.78 is 5.02. The number of phenolic OH excluding ortho intramolecular Hbond substituents is 1. The molecule has 2 N–H and O–H groups in total. The van der Waals surface area contributed by atoms with E-state index in [4.69, 9.17) is 27.9 Å². The molecule has 0 unspecified atom stereocenters. The van der Waals surface area contributed by atoms with Crippen molar-refractivity contribution in [2.75, 3.05) is 7.11 Å². The lowest BCUT2D eigenvalue weighted by atomic mass is 10.1. The molecule has 0 aliphatic heterocycles. The summed E-state index contributed by atoms with van der Waals surface area (Å²) in [5.74, 6) is 0.607. The molecule has 0 aliphatic rings. The first-order valence-corrected chi connectivity index (χ1v) is 7.31. The van der Waals surface area contributed by atoms with Gasteiger partial charge in [-0.05, 0) is 42.3 Å². The van der Waals surface area contributed by atoms with E-state index in [0.29, 0.717) is 22.3 Å². The van der Waals surface area contributed by atoms with Crippen LogP contribution < -0.4 is 10.1 Å². The number of rotatable bonds is 5. The van der Waals surface area contributed by atoms with Gasteiger partial charge < -0.3 is 15.2 Å². The van der Waals surface area contributed by atoms with Gasteiger partial charge in [-0.15, -0.1) is 0 Å². The summed E-state index contributed by atoms with van der Waals surface area (Å²) in [6.45, 7) is 2.67. The molecule has 2 aromatic carbocycles. The normalized spacial score (nSPS) is 12.2. The van der Waals surface area contributed by atoms with Crippen LogP contribution in [0.1, 0.15) is 24.1 Å². The highest BCUT2D eigenvalue weighted by molar-refractivity contribution is 6.42. The summed E-state index contributed by atoms with van der Waals surface area (Å²) in [6.07, 6.45) is 0. The molecule has 0 radical (unpaired) electrons. The van der Waals surface area contributed by atoms with E-state index >= 15 is 0 Å². The Morgan fingerprint density at radius 3 is 2.52 bits per heavy atom. The molecule has 0 heterocycles. The Balaban J connectivity index is 2.01. The third kappa shape index (κ3) is 4.03. The molecule has 0 bridgehead atoms. The number of hydrogen-bond donors (Lipinski definition) is 2. The van der Waals surface area contributed by atoms with Crippen molar-refractivity contribution in [3.8, 4) is 11.5 Å². The maximum absolute atomic E-state index is 9.76. The lowest BCUT2D eigenvalue weighted by molar-refractivity contribution is 0.373. The van der Waals surface area contributed by atoms with E-state index < -0.39 is 0 Å². The van der Waals surface area contributed by atoms with Gasteiger partial charge in [0.1, 0.15) is 0 Å². The second-order valence-electron chi connectivity index (χ2n) is 4.78. The molecule has 5 heteroatoms. The first-order chi connectivity index (χ1) is 10.0. The third-order valence-corrected chi connectivity index (χ3v) is 4.04. The summed E-state index contributed by atoms with van der Waals surface area (Å²) in [7, 11) is 1.53. The number of phenols is 1. The molecule has 1 atom stereocenters. The molecule has 0 amide bonds. The molecule has 112 valence electrons. The highest BCUT2D eigenvalue weighted by Crippen LogP contribution is 2.27. The monoisotopic (exact) mass is 325 g/mol. The van der Waals surface area contributed by atoms with Gasteiger partial charge in [0.2, 0.25) is 0 Å². The summed E-state index contributed by atoms with van der Waals surface area (Å²) in [5.41, 5.74) is 2.03. The van der Waals surface area contributed by atoms with Crippen molar-refractivity contribution in [3.05, 3.63) is 57.6 Å². The van der Waals surface area contributed by atoms with E-state index in [1.54, 1.807) is 18.2 Å². The Bertz CT molecular complexity index is 632. The van der Waals surface area contributed by atoms with Gasteiger partial charge in [0, 0.05) is 12.6 Å².